The smallest absolute Gasteiger partial charge is 0.171 e. The molecule has 6 heteroatoms. The molecule has 0 amide bonds. The van der Waals surface area contributed by atoms with Crippen molar-refractivity contribution in [3.8, 4) is 10.7 Å². The van der Waals surface area contributed by atoms with Crippen LogP contribution in [-0.4, -0.2) is 17.0 Å². The van der Waals surface area contributed by atoms with Gasteiger partial charge in [0.1, 0.15) is 5.82 Å². The fourth-order valence-corrected chi connectivity index (χ4v) is 3.78. The van der Waals surface area contributed by atoms with Gasteiger partial charge >= 0.3 is 0 Å². The fourth-order valence-electron chi connectivity index (χ4n) is 1.74. The summed E-state index contributed by atoms with van der Waals surface area (Å²) in [4.78, 5) is 11.6. The van der Waals surface area contributed by atoms with E-state index in [0.29, 0.717) is 0 Å². The van der Waals surface area contributed by atoms with Crippen molar-refractivity contribution in [2.75, 3.05) is 12.4 Å². The second-order valence-electron chi connectivity index (χ2n) is 4.17. The number of halogens is 2. The van der Waals surface area contributed by atoms with Crippen LogP contribution in [0.15, 0.2) is 15.0 Å². The maximum atomic E-state index is 4.69. The molecule has 102 valence electrons. The monoisotopic (exact) mass is 403 g/mol. The lowest BCUT2D eigenvalue weighted by atomic mass is 10.2. The topological polar surface area (TPSA) is 37.8 Å². The maximum Gasteiger partial charge on any atom is 0.171 e. The molecule has 1 N–H and O–H groups in total. The highest BCUT2D eigenvalue weighted by atomic mass is 79.9. The van der Waals surface area contributed by atoms with Gasteiger partial charge in [-0.05, 0) is 51.3 Å². The lowest BCUT2D eigenvalue weighted by Gasteiger charge is -2.09. The third-order valence-electron chi connectivity index (χ3n) is 2.72. The second-order valence-corrected chi connectivity index (χ2v) is 7.07. The molecule has 0 aromatic carbocycles. The van der Waals surface area contributed by atoms with E-state index in [1.807, 2.05) is 7.05 Å². The standard InChI is InChI=1S/C13H15Br2N3S/c1-4-5-9-11(15)13(16-3)18-12(17-9)10-6-8(14)7(2)19-10/h6H,4-5H2,1-3H3,(H,16,17,18). The minimum absolute atomic E-state index is 0.787. The van der Waals surface area contributed by atoms with Gasteiger partial charge in [-0.15, -0.1) is 11.3 Å². The molecule has 0 radical (unpaired) electrons. The summed E-state index contributed by atoms with van der Waals surface area (Å²) in [6.45, 7) is 4.24. The first kappa shape index (κ1) is 14.9. The third kappa shape index (κ3) is 3.17. The number of thiophene rings is 1. The van der Waals surface area contributed by atoms with Crippen molar-refractivity contribution in [3.05, 3.63) is 25.6 Å². The average Bonchev–Trinajstić information content (AvgIpc) is 2.72. The van der Waals surface area contributed by atoms with E-state index >= 15 is 0 Å². The molecule has 0 unspecified atom stereocenters. The zero-order valence-corrected chi connectivity index (χ0v) is 15.0. The van der Waals surface area contributed by atoms with Gasteiger partial charge in [0.05, 0.1) is 15.0 Å². The Labute approximate surface area is 134 Å². The number of rotatable bonds is 4. The highest BCUT2D eigenvalue weighted by Gasteiger charge is 2.14. The second kappa shape index (κ2) is 6.33. The molecule has 0 fully saturated rings. The number of hydrogen-bond acceptors (Lipinski definition) is 4. The molecular formula is C13H15Br2N3S. The first-order valence-electron chi connectivity index (χ1n) is 6.07. The Kier molecular flexibility index (Phi) is 4.97. The van der Waals surface area contributed by atoms with Crippen LogP contribution in [0.1, 0.15) is 23.9 Å². The molecule has 0 atom stereocenters. The molecule has 0 aliphatic heterocycles. The van der Waals surface area contributed by atoms with Gasteiger partial charge in [-0.2, -0.15) is 0 Å². The van der Waals surface area contributed by atoms with Crippen LogP contribution in [0, 0.1) is 6.92 Å². The van der Waals surface area contributed by atoms with Gasteiger partial charge in [-0.25, -0.2) is 9.97 Å². The molecule has 2 aromatic rings. The molecule has 0 bridgehead atoms. The highest BCUT2D eigenvalue weighted by molar-refractivity contribution is 9.11. The zero-order chi connectivity index (χ0) is 14.0. The quantitative estimate of drug-likeness (QED) is 0.776. The first-order chi connectivity index (χ1) is 9.06. The Hall–Kier alpha value is -0.460. The third-order valence-corrected chi connectivity index (χ3v) is 5.69. The van der Waals surface area contributed by atoms with Gasteiger partial charge in [0.25, 0.3) is 0 Å². The van der Waals surface area contributed by atoms with Gasteiger partial charge in [0.15, 0.2) is 5.82 Å². The Bertz CT molecular complexity index is 576. The lowest BCUT2D eigenvalue weighted by molar-refractivity contribution is 0.869. The largest absolute Gasteiger partial charge is 0.372 e. The Morgan fingerprint density at radius 3 is 2.58 bits per heavy atom. The number of anilines is 1. The Balaban J connectivity index is 2.54. The summed E-state index contributed by atoms with van der Waals surface area (Å²) < 4.78 is 2.08. The molecule has 2 heterocycles. The minimum Gasteiger partial charge on any atom is -0.372 e. The summed E-state index contributed by atoms with van der Waals surface area (Å²) in [5, 5.41) is 3.12. The van der Waals surface area contributed by atoms with Crippen LogP contribution in [0.3, 0.4) is 0 Å². The molecule has 3 nitrogen and oxygen atoms in total. The zero-order valence-electron chi connectivity index (χ0n) is 11.1. The molecule has 0 saturated heterocycles. The van der Waals surface area contributed by atoms with Crippen molar-refractivity contribution >= 4 is 49.0 Å². The van der Waals surface area contributed by atoms with Gasteiger partial charge in [0.2, 0.25) is 0 Å². The highest BCUT2D eigenvalue weighted by Crippen LogP contribution is 2.34. The van der Waals surface area contributed by atoms with E-state index < -0.39 is 0 Å². The summed E-state index contributed by atoms with van der Waals surface area (Å²) in [7, 11) is 1.88. The fraction of sp³-hybridized carbons (Fsp3) is 0.385. The van der Waals surface area contributed by atoms with E-state index in [2.05, 4.69) is 67.1 Å². The summed E-state index contributed by atoms with van der Waals surface area (Å²) in [5.74, 6) is 1.63. The summed E-state index contributed by atoms with van der Waals surface area (Å²) in [6, 6.07) is 2.08. The maximum absolute atomic E-state index is 4.69. The van der Waals surface area contributed by atoms with Crippen molar-refractivity contribution in [3.63, 3.8) is 0 Å². The average molecular weight is 405 g/mol. The van der Waals surface area contributed by atoms with E-state index in [9.17, 15) is 0 Å². The van der Waals surface area contributed by atoms with Crippen LogP contribution in [-0.2, 0) is 6.42 Å². The number of nitrogens with zero attached hydrogens (tertiary/aromatic N) is 2. The number of nitrogens with one attached hydrogen (secondary N) is 1. The van der Waals surface area contributed by atoms with Crippen LogP contribution < -0.4 is 5.32 Å². The van der Waals surface area contributed by atoms with Crippen LogP contribution in [0.2, 0.25) is 0 Å². The predicted octanol–water partition coefficient (Wildman–Crippen LogP) is 5.03. The lowest BCUT2D eigenvalue weighted by Crippen LogP contribution is -2.02. The number of aryl methyl sites for hydroxylation is 2. The molecule has 2 aromatic heterocycles. The van der Waals surface area contributed by atoms with Gasteiger partial charge in [-0.3, -0.25) is 0 Å². The Morgan fingerprint density at radius 1 is 1.32 bits per heavy atom. The van der Waals surface area contributed by atoms with Crippen molar-refractivity contribution < 1.29 is 0 Å². The molecule has 19 heavy (non-hydrogen) atoms. The van der Waals surface area contributed by atoms with Crippen LogP contribution >= 0.6 is 43.2 Å². The van der Waals surface area contributed by atoms with Gasteiger partial charge in [-0.1, -0.05) is 13.3 Å². The summed E-state index contributed by atoms with van der Waals surface area (Å²) in [6.07, 6.45) is 2.00. The minimum atomic E-state index is 0.787. The van der Waals surface area contributed by atoms with E-state index in [-0.39, 0.29) is 0 Å². The molecule has 0 aliphatic carbocycles. The summed E-state index contributed by atoms with van der Waals surface area (Å²) in [5.41, 5.74) is 1.05. The first-order valence-corrected chi connectivity index (χ1v) is 8.47. The van der Waals surface area contributed by atoms with Crippen LogP contribution in [0.4, 0.5) is 5.82 Å². The Morgan fingerprint density at radius 2 is 2.05 bits per heavy atom. The van der Waals surface area contributed by atoms with Crippen LogP contribution in [0.25, 0.3) is 10.7 Å². The molecule has 0 saturated carbocycles. The predicted molar refractivity (Wildman–Crippen MR) is 89.0 cm³/mol. The number of aromatic nitrogens is 2. The molecule has 0 spiro atoms. The van der Waals surface area contributed by atoms with E-state index in [1.54, 1.807) is 11.3 Å². The van der Waals surface area contributed by atoms with Gasteiger partial charge in [0, 0.05) is 16.4 Å². The van der Waals surface area contributed by atoms with Gasteiger partial charge < -0.3 is 5.32 Å². The summed E-state index contributed by atoms with van der Waals surface area (Å²) >= 11 is 8.82. The van der Waals surface area contributed by atoms with Crippen molar-refractivity contribution in [2.45, 2.75) is 26.7 Å². The number of hydrogen-bond donors (Lipinski definition) is 1. The van der Waals surface area contributed by atoms with Crippen molar-refractivity contribution in [2.24, 2.45) is 0 Å². The molecule has 2 rings (SSSR count). The molecular weight excluding hydrogens is 390 g/mol. The SMILES string of the molecule is CCCc1nc(-c2cc(Br)c(C)s2)nc(NC)c1Br. The normalized spacial score (nSPS) is 10.8. The van der Waals surface area contributed by atoms with E-state index in [1.165, 1.54) is 4.88 Å². The van der Waals surface area contributed by atoms with E-state index in [4.69, 9.17) is 0 Å². The van der Waals surface area contributed by atoms with Crippen LogP contribution in [0.5, 0.6) is 0 Å². The molecule has 0 aliphatic rings. The van der Waals surface area contributed by atoms with E-state index in [0.717, 1.165) is 44.0 Å². The van der Waals surface area contributed by atoms with Crippen molar-refractivity contribution in [1.82, 2.24) is 9.97 Å². The van der Waals surface area contributed by atoms with Crippen molar-refractivity contribution in [1.29, 1.82) is 0 Å².